The molecule has 1 aliphatic heterocycles. The van der Waals surface area contributed by atoms with Crippen molar-refractivity contribution in [1.29, 1.82) is 0 Å². The van der Waals surface area contributed by atoms with Gasteiger partial charge in [0.05, 0.1) is 18.6 Å². The summed E-state index contributed by atoms with van der Waals surface area (Å²) in [7, 11) is 0. The standard InChI is InChI=1S/C15H20N4O3/c1-3-9-18-13-12(15(21)22-4-2)16-17-19(13)11-8-6-5-7-10(11)14(18)20/h3,10-11H,1,4-9H2,2H3. The van der Waals surface area contributed by atoms with Crippen LogP contribution in [0.4, 0.5) is 5.82 Å². The number of rotatable bonds is 4. The number of carbonyl (C=O) groups is 2. The number of hydrogen-bond donors (Lipinski definition) is 0. The smallest absolute Gasteiger partial charge is 0.362 e. The van der Waals surface area contributed by atoms with Crippen molar-refractivity contribution in [3.8, 4) is 0 Å². The van der Waals surface area contributed by atoms with Crippen molar-refractivity contribution >= 4 is 17.7 Å². The van der Waals surface area contributed by atoms with Gasteiger partial charge in [-0.15, -0.1) is 11.7 Å². The fourth-order valence-electron chi connectivity index (χ4n) is 3.40. The molecule has 1 saturated carbocycles. The predicted molar refractivity (Wildman–Crippen MR) is 79.5 cm³/mol. The topological polar surface area (TPSA) is 77.3 Å². The van der Waals surface area contributed by atoms with Gasteiger partial charge in [-0.3, -0.25) is 9.69 Å². The molecule has 1 amide bonds. The van der Waals surface area contributed by atoms with Gasteiger partial charge in [0.1, 0.15) is 0 Å². The van der Waals surface area contributed by atoms with E-state index in [1.165, 1.54) is 0 Å². The number of aromatic nitrogens is 3. The molecule has 0 spiro atoms. The van der Waals surface area contributed by atoms with E-state index >= 15 is 0 Å². The summed E-state index contributed by atoms with van der Waals surface area (Å²) in [5.41, 5.74) is 0.112. The number of carbonyl (C=O) groups excluding carboxylic acids is 2. The van der Waals surface area contributed by atoms with Crippen LogP contribution in [0.25, 0.3) is 0 Å². The summed E-state index contributed by atoms with van der Waals surface area (Å²) in [6.45, 7) is 6.03. The number of esters is 1. The van der Waals surface area contributed by atoms with Crippen LogP contribution in [0, 0.1) is 5.92 Å². The highest BCUT2D eigenvalue weighted by atomic mass is 16.5. The third kappa shape index (κ3) is 2.20. The van der Waals surface area contributed by atoms with Gasteiger partial charge in [-0.2, -0.15) is 0 Å². The molecule has 22 heavy (non-hydrogen) atoms. The molecule has 1 aromatic heterocycles. The number of hydrogen-bond acceptors (Lipinski definition) is 5. The average molecular weight is 304 g/mol. The lowest BCUT2D eigenvalue weighted by molar-refractivity contribution is -0.126. The van der Waals surface area contributed by atoms with Crippen LogP contribution in [0.1, 0.15) is 49.1 Å². The second-order valence-corrected chi connectivity index (χ2v) is 5.62. The normalized spacial score (nSPS) is 23.7. The van der Waals surface area contributed by atoms with Crippen molar-refractivity contribution in [1.82, 2.24) is 15.0 Å². The summed E-state index contributed by atoms with van der Waals surface area (Å²) >= 11 is 0. The van der Waals surface area contributed by atoms with Crippen molar-refractivity contribution in [3.05, 3.63) is 18.3 Å². The zero-order chi connectivity index (χ0) is 15.7. The predicted octanol–water partition coefficient (Wildman–Crippen LogP) is 1.72. The van der Waals surface area contributed by atoms with E-state index in [1.54, 1.807) is 22.6 Å². The quantitative estimate of drug-likeness (QED) is 0.625. The van der Waals surface area contributed by atoms with Gasteiger partial charge in [-0.1, -0.05) is 24.1 Å². The first-order valence-electron chi connectivity index (χ1n) is 7.73. The largest absolute Gasteiger partial charge is 0.461 e. The van der Waals surface area contributed by atoms with Crippen molar-refractivity contribution in [3.63, 3.8) is 0 Å². The Labute approximate surface area is 128 Å². The summed E-state index contributed by atoms with van der Waals surface area (Å²) in [5.74, 6) is -0.144. The zero-order valence-electron chi connectivity index (χ0n) is 12.7. The third-order valence-electron chi connectivity index (χ3n) is 4.33. The van der Waals surface area contributed by atoms with Crippen molar-refractivity contribution in [2.75, 3.05) is 18.1 Å². The van der Waals surface area contributed by atoms with E-state index in [2.05, 4.69) is 16.9 Å². The minimum absolute atomic E-state index is 0.00649. The van der Waals surface area contributed by atoms with E-state index < -0.39 is 5.97 Å². The van der Waals surface area contributed by atoms with Crippen LogP contribution >= 0.6 is 0 Å². The lowest BCUT2D eigenvalue weighted by Gasteiger charge is -2.40. The van der Waals surface area contributed by atoms with E-state index in [0.29, 0.717) is 12.4 Å². The summed E-state index contributed by atoms with van der Waals surface area (Å²) in [6, 6.07) is -0.00649. The lowest BCUT2D eigenvalue weighted by Crippen LogP contribution is -2.48. The lowest BCUT2D eigenvalue weighted by atomic mass is 9.82. The van der Waals surface area contributed by atoms with Gasteiger partial charge in [0.15, 0.2) is 5.82 Å². The maximum absolute atomic E-state index is 12.8. The minimum Gasteiger partial charge on any atom is -0.461 e. The highest BCUT2D eigenvalue weighted by molar-refractivity contribution is 6.02. The molecule has 0 N–H and O–H groups in total. The van der Waals surface area contributed by atoms with Crippen LogP contribution < -0.4 is 4.90 Å². The summed E-state index contributed by atoms with van der Waals surface area (Å²) < 4.78 is 6.77. The molecular formula is C15H20N4O3. The molecule has 2 heterocycles. The van der Waals surface area contributed by atoms with Crippen molar-refractivity contribution in [2.24, 2.45) is 5.92 Å². The first-order chi connectivity index (χ1) is 10.7. The summed E-state index contributed by atoms with van der Waals surface area (Å²) in [6.07, 6.45) is 5.49. The van der Waals surface area contributed by atoms with Gasteiger partial charge in [-0.25, -0.2) is 9.48 Å². The maximum Gasteiger partial charge on any atom is 0.362 e. The Morgan fingerprint density at radius 1 is 1.45 bits per heavy atom. The monoisotopic (exact) mass is 304 g/mol. The Morgan fingerprint density at radius 2 is 2.23 bits per heavy atom. The van der Waals surface area contributed by atoms with Gasteiger partial charge in [0.25, 0.3) is 0 Å². The molecule has 0 saturated heterocycles. The van der Waals surface area contributed by atoms with Crippen LogP contribution in [-0.4, -0.2) is 40.0 Å². The molecule has 2 unspecified atom stereocenters. The Bertz CT molecular complexity index is 610. The van der Waals surface area contributed by atoms with Gasteiger partial charge in [0.2, 0.25) is 11.6 Å². The zero-order valence-corrected chi connectivity index (χ0v) is 12.7. The van der Waals surface area contributed by atoms with Gasteiger partial charge in [0, 0.05) is 6.54 Å². The molecule has 2 aliphatic rings. The molecule has 7 nitrogen and oxygen atoms in total. The van der Waals surface area contributed by atoms with Gasteiger partial charge >= 0.3 is 5.97 Å². The molecule has 0 aromatic carbocycles. The van der Waals surface area contributed by atoms with E-state index in [1.807, 2.05) is 0 Å². The van der Waals surface area contributed by atoms with Gasteiger partial charge < -0.3 is 4.74 Å². The molecule has 7 heteroatoms. The molecule has 118 valence electrons. The highest BCUT2D eigenvalue weighted by Crippen LogP contribution is 2.42. The first kappa shape index (κ1) is 14.7. The van der Waals surface area contributed by atoms with Crippen molar-refractivity contribution in [2.45, 2.75) is 38.6 Å². The molecular weight excluding hydrogens is 284 g/mol. The second kappa shape index (κ2) is 5.90. The van der Waals surface area contributed by atoms with E-state index in [0.717, 1.165) is 25.7 Å². The third-order valence-corrected chi connectivity index (χ3v) is 4.33. The SMILES string of the molecule is C=CCN1C(=O)C2CCCCC2n2nnc(C(=O)OCC)c21. The van der Waals surface area contributed by atoms with Gasteiger partial charge in [-0.05, 0) is 19.8 Å². The fraction of sp³-hybridized carbons (Fsp3) is 0.600. The Kier molecular flexibility index (Phi) is 3.96. The molecule has 1 fully saturated rings. The van der Waals surface area contributed by atoms with Crippen LogP contribution in [0.2, 0.25) is 0 Å². The highest BCUT2D eigenvalue weighted by Gasteiger charge is 2.44. The second-order valence-electron chi connectivity index (χ2n) is 5.62. The summed E-state index contributed by atoms with van der Waals surface area (Å²) in [5, 5.41) is 8.13. The minimum atomic E-state index is -0.542. The van der Waals surface area contributed by atoms with E-state index in [9.17, 15) is 9.59 Å². The van der Waals surface area contributed by atoms with Crippen LogP contribution in [-0.2, 0) is 9.53 Å². The van der Waals surface area contributed by atoms with E-state index in [4.69, 9.17) is 4.74 Å². The fourth-order valence-corrected chi connectivity index (χ4v) is 3.40. The first-order valence-corrected chi connectivity index (χ1v) is 7.73. The molecule has 2 atom stereocenters. The Hall–Kier alpha value is -2.18. The average Bonchev–Trinajstić information content (AvgIpc) is 2.97. The van der Waals surface area contributed by atoms with Crippen LogP contribution in [0.3, 0.4) is 0 Å². The molecule has 0 radical (unpaired) electrons. The molecule has 1 aliphatic carbocycles. The maximum atomic E-state index is 12.8. The molecule has 1 aromatic rings. The van der Waals surface area contributed by atoms with E-state index in [-0.39, 0.29) is 30.2 Å². The molecule has 3 rings (SSSR count). The van der Waals surface area contributed by atoms with Crippen LogP contribution in [0.5, 0.6) is 0 Å². The number of fused-ring (bicyclic) bond motifs is 3. The van der Waals surface area contributed by atoms with Crippen LogP contribution in [0.15, 0.2) is 12.7 Å². The van der Waals surface area contributed by atoms with Crippen molar-refractivity contribution < 1.29 is 14.3 Å². The Morgan fingerprint density at radius 3 is 2.95 bits per heavy atom. The Balaban J connectivity index is 2.07. The number of amides is 1. The number of ether oxygens (including phenoxy) is 1. The summed E-state index contributed by atoms with van der Waals surface area (Å²) in [4.78, 5) is 26.5. The molecule has 0 bridgehead atoms. The number of nitrogens with zero attached hydrogens (tertiary/aromatic N) is 4. The number of anilines is 1.